The van der Waals surface area contributed by atoms with Gasteiger partial charge in [0.2, 0.25) is 0 Å². The van der Waals surface area contributed by atoms with Crippen molar-refractivity contribution in [2.24, 2.45) is 0 Å². The molecule has 0 N–H and O–H groups in total. The third kappa shape index (κ3) is 1.78. The van der Waals surface area contributed by atoms with Gasteiger partial charge in [0.1, 0.15) is 5.82 Å². The van der Waals surface area contributed by atoms with E-state index >= 15 is 0 Å². The molecule has 0 aliphatic rings. The van der Waals surface area contributed by atoms with Crippen LogP contribution in [0.25, 0.3) is 21.9 Å². The molecule has 0 unspecified atom stereocenters. The molecule has 0 aliphatic carbocycles. The number of hydrogen-bond acceptors (Lipinski definition) is 0. The van der Waals surface area contributed by atoms with Crippen LogP contribution in [0, 0.1) is 12.7 Å². The molecule has 18 heavy (non-hydrogen) atoms. The van der Waals surface area contributed by atoms with Crippen LogP contribution in [-0.2, 0) is 0 Å². The standard InChI is InChI=1S/C17H13F/c1-12-6-7-13-4-2-3-5-16(13)17(12)14-8-10-15(18)11-9-14/h2-11H,1H3. The molecule has 0 nitrogen and oxygen atoms in total. The van der Waals surface area contributed by atoms with E-state index < -0.39 is 0 Å². The molecule has 1 heteroatoms. The third-order valence-corrected chi connectivity index (χ3v) is 3.27. The quantitative estimate of drug-likeness (QED) is 0.560. The monoisotopic (exact) mass is 236 g/mol. The van der Waals surface area contributed by atoms with Crippen LogP contribution in [0.2, 0.25) is 0 Å². The largest absolute Gasteiger partial charge is 0.207 e. The molecule has 3 aromatic carbocycles. The normalized spacial score (nSPS) is 10.8. The van der Waals surface area contributed by atoms with E-state index in [9.17, 15) is 4.39 Å². The second-order valence-corrected chi connectivity index (χ2v) is 4.49. The highest BCUT2D eigenvalue weighted by Crippen LogP contribution is 2.31. The van der Waals surface area contributed by atoms with E-state index in [0.717, 1.165) is 5.56 Å². The highest BCUT2D eigenvalue weighted by molar-refractivity contribution is 5.98. The second-order valence-electron chi connectivity index (χ2n) is 4.49. The zero-order valence-corrected chi connectivity index (χ0v) is 10.2. The summed E-state index contributed by atoms with van der Waals surface area (Å²) in [6, 6.07) is 19.2. The van der Waals surface area contributed by atoms with Crippen molar-refractivity contribution >= 4 is 10.8 Å². The minimum Gasteiger partial charge on any atom is -0.207 e. The fourth-order valence-electron chi connectivity index (χ4n) is 2.38. The van der Waals surface area contributed by atoms with Crippen molar-refractivity contribution in [2.75, 3.05) is 0 Å². The van der Waals surface area contributed by atoms with Crippen LogP contribution in [0.15, 0.2) is 60.7 Å². The lowest BCUT2D eigenvalue weighted by molar-refractivity contribution is 0.628. The maximum Gasteiger partial charge on any atom is 0.123 e. The van der Waals surface area contributed by atoms with Crippen molar-refractivity contribution in [3.05, 3.63) is 72.0 Å². The average Bonchev–Trinajstić information content (AvgIpc) is 2.40. The van der Waals surface area contributed by atoms with Crippen molar-refractivity contribution in [2.45, 2.75) is 6.92 Å². The smallest absolute Gasteiger partial charge is 0.123 e. The van der Waals surface area contributed by atoms with E-state index in [-0.39, 0.29) is 5.82 Å². The highest BCUT2D eigenvalue weighted by atomic mass is 19.1. The Bertz CT molecular complexity index is 696. The Labute approximate surface area is 106 Å². The lowest BCUT2D eigenvalue weighted by Gasteiger charge is -2.10. The summed E-state index contributed by atoms with van der Waals surface area (Å²) in [4.78, 5) is 0. The zero-order valence-electron chi connectivity index (χ0n) is 10.2. The summed E-state index contributed by atoms with van der Waals surface area (Å²) < 4.78 is 13.0. The van der Waals surface area contributed by atoms with Crippen molar-refractivity contribution in [1.82, 2.24) is 0 Å². The first kappa shape index (κ1) is 11.0. The molecule has 0 aliphatic heterocycles. The molecule has 0 bridgehead atoms. The third-order valence-electron chi connectivity index (χ3n) is 3.27. The van der Waals surface area contributed by atoms with Crippen molar-refractivity contribution in [1.29, 1.82) is 0 Å². The van der Waals surface area contributed by atoms with Crippen LogP contribution >= 0.6 is 0 Å². The molecule has 0 aromatic heterocycles. The van der Waals surface area contributed by atoms with Gasteiger partial charge < -0.3 is 0 Å². The summed E-state index contributed by atoms with van der Waals surface area (Å²) >= 11 is 0. The Morgan fingerprint density at radius 1 is 0.778 bits per heavy atom. The zero-order chi connectivity index (χ0) is 12.5. The van der Waals surface area contributed by atoms with Gasteiger partial charge in [-0.05, 0) is 46.5 Å². The Kier molecular flexibility index (Phi) is 2.60. The second kappa shape index (κ2) is 4.26. The predicted octanol–water partition coefficient (Wildman–Crippen LogP) is 4.95. The van der Waals surface area contributed by atoms with Gasteiger partial charge in [-0.3, -0.25) is 0 Å². The van der Waals surface area contributed by atoms with Gasteiger partial charge in [-0.2, -0.15) is 0 Å². The lowest BCUT2D eigenvalue weighted by atomic mass is 9.94. The first-order valence-corrected chi connectivity index (χ1v) is 6.00. The molecule has 0 saturated heterocycles. The van der Waals surface area contributed by atoms with E-state index in [0.29, 0.717) is 0 Å². The number of hydrogen-bond donors (Lipinski definition) is 0. The molecular weight excluding hydrogens is 223 g/mol. The van der Waals surface area contributed by atoms with E-state index in [1.165, 1.54) is 34.0 Å². The summed E-state index contributed by atoms with van der Waals surface area (Å²) in [6.45, 7) is 2.09. The molecule has 88 valence electrons. The first-order chi connectivity index (χ1) is 8.75. The molecule has 0 heterocycles. The minimum atomic E-state index is -0.198. The number of halogens is 1. The highest BCUT2D eigenvalue weighted by Gasteiger charge is 2.06. The van der Waals surface area contributed by atoms with E-state index in [1.54, 1.807) is 0 Å². The fraction of sp³-hybridized carbons (Fsp3) is 0.0588. The topological polar surface area (TPSA) is 0 Å². The fourth-order valence-corrected chi connectivity index (χ4v) is 2.38. The minimum absolute atomic E-state index is 0.198. The lowest BCUT2D eigenvalue weighted by Crippen LogP contribution is -1.86. The molecule has 0 fully saturated rings. The van der Waals surface area contributed by atoms with E-state index in [1.807, 2.05) is 24.3 Å². The van der Waals surface area contributed by atoms with Gasteiger partial charge in [0.25, 0.3) is 0 Å². The maximum absolute atomic E-state index is 13.0. The van der Waals surface area contributed by atoms with Gasteiger partial charge in [0.15, 0.2) is 0 Å². The van der Waals surface area contributed by atoms with E-state index in [4.69, 9.17) is 0 Å². The molecular formula is C17H13F. The van der Waals surface area contributed by atoms with Gasteiger partial charge in [0.05, 0.1) is 0 Å². The first-order valence-electron chi connectivity index (χ1n) is 6.00. The molecule has 0 saturated carbocycles. The van der Waals surface area contributed by atoms with Crippen LogP contribution in [0.5, 0.6) is 0 Å². The van der Waals surface area contributed by atoms with Crippen molar-refractivity contribution in [3.8, 4) is 11.1 Å². The van der Waals surface area contributed by atoms with Gasteiger partial charge in [-0.25, -0.2) is 4.39 Å². The van der Waals surface area contributed by atoms with Crippen LogP contribution in [0.3, 0.4) is 0 Å². The molecule has 0 spiro atoms. The number of rotatable bonds is 1. The number of aryl methyl sites for hydroxylation is 1. The molecule has 3 aromatic rings. The summed E-state index contributed by atoms with van der Waals surface area (Å²) in [7, 11) is 0. The molecule has 0 radical (unpaired) electrons. The average molecular weight is 236 g/mol. The van der Waals surface area contributed by atoms with Crippen molar-refractivity contribution < 1.29 is 4.39 Å². The van der Waals surface area contributed by atoms with E-state index in [2.05, 4.69) is 31.2 Å². The maximum atomic E-state index is 13.0. The van der Waals surface area contributed by atoms with Crippen LogP contribution in [0.4, 0.5) is 4.39 Å². The SMILES string of the molecule is Cc1ccc2ccccc2c1-c1ccc(F)cc1. The van der Waals surface area contributed by atoms with Gasteiger partial charge in [-0.15, -0.1) is 0 Å². The molecule has 3 rings (SSSR count). The van der Waals surface area contributed by atoms with Crippen LogP contribution in [-0.4, -0.2) is 0 Å². The summed E-state index contributed by atoms with van der Waals surface area (Å²) in [5.41, 5.74) is 3.46. The van der Waals surface area contributed by atoms with Gasteiger partial charge in [0, 0.05) is 0 Å². The number of benzene rings is 3. The Morgan fingerprint density at radius 3 is 2.28 bits per heavy atom. The van der Waals surface area contributed by atoms with Crippen molar-refractivity contribution in [3.63, 3.8) is 0 Å². The Hall–Kier alpha value is -2.15. The van der Waals surface area contributed by atoms with Gasteiger partial charge >= 0.3 is 0 Å². The Balaban J connectivity index is 2.33. The Morgan fingerprint density at radius 2 is 1.50 bits per heavy atom. The summed E-state index contributed by atoms with van der Waals surface area (Å²) in [6.07, 6.45) is 0. The predicted molar refractivity (Wildman–Crippen MR) is 74.1 cm³/mol. The van der Waals surface area contributed by atoms with Crippen LogP contribution < -0.4 is 0 Å². The summed E-state index contributed by atoms with van der Waals surface area (Å²) in [5.74, 6) is -0.198. The molecule has 0 atom stereocenters. The van der Waals surface area contributed by atoms with Crippen LogP contribution in [0.1, 0.15) is 5.56 Å². The van der Waals surface area contributed by atoms with Gasteiger partial charge in [-0.1, -0.05) is 48.5 Å². The summed E-state index contributed by atoms with van der Waals surface area (Å²) in [5, 5.41) is 2.42. The number of fused-ring (bicyclic) bond motifs is 1. The molecule has 0 amide bonds.